The van der Waals surface area contributed by atoms with E-state index in [0.717, 1.165) is 16.7 Å². The van der Waals surface area contributed by atoms with Gasteiger partial charge in [-0.15, -0.1) is 0 Å². The molecule has 31 heavy (non-hydrogen) atoms. The predicted molar refractivity (Wildman–Crippen MR) is 117 cm³/mol. The molecule has 0 aliphatic rings. The molecule has 0 aliphatic heterocycles. The van der Waals surface area contributed by atoms with Crippen LogP contribution in [-0.4, -0.2) is 32.7 Å². The zero-order chi connectivity index (χ0) is 22.2. The van der Waals surface area contributed by atoms with E-state index in [1.807, 2.05) is 61.5 Å². The van der Waals surface area contributed by atoms with E-state index in [1.54, 1.807) is 18.2 Å². The summed E-state index contributed by atoms with van der Waals surface area (Å²) in [5.41, 5.74) is 3.52. The van der Waals surface area contributed by atoms with Gasteiger partial charge in [0.1, 0.15) is 0 Å². The van der Waals surface area contributed by atoms with Gasteiger partial charge in [0, 0.05) is 5.56 Å². The first-order chi connectivity index (χ1) is 15.0. The summed E-state index contributed by atoms with van der Waals surface area (Å²) < 4.78 is 15.3. The van der Waals surface area contributed by atoms with Gasteiger partial charge in [-0.1, -0.05) is 60.2 Å². The Morgan fingerprint density at radius 2 is 1.55 bits per heavy atom. The van der Waals surface area contributed by atoms with Crippen LogP contribution in [0.1, 0.15) is 33.1 Å². The zero-order valence-corrected chi connectivity index (χ0v) is 17.8. The molecule has 0 bridgehead atoms. The van der Waals surface area contributed by atoms with Crippen LogP contribution in [0.15, 0.2) is 72.8 Å². The number of esters is 1. The fraction of sp³-hybridized carbons (Fsp3) is 0.200. The Labute approximate surface area is 181 Å². The lowest BCUT2D eigenvalue weighted by Crippen LogP contribution is -2.29. The monoisotopic (exact) mass is 419 g/mol. The highest BCUT2D eigenvalue weighted by atomic mass is 16.6. The fourth-order valence-electron chi connectivity index (χ4n) is 3.10. The highest BCUT2D eigenvalue weighted by molar-refractivity contribution is 5.95. The second-order valence-electron chi connectivity index (χ2n) is 6.96. The van der Waals surface area contributed by atoms with E-state index in [9.17, 15) is 9.59 Å². The van der Waals surface area contributed by atoms with Gasteiger partial charge in [0.05, 0.1) is 20.3 Å². The minimum Gasteiger partial charge on any atom is -0.493 e. The number of aryl methyl sites for hydroxylation is 1. The van der Waals surface area contributed by atoms with Crippen LogP contribution in [0.2, 0.25) is 0 Å². The Kier molecular flexibility index (Phi) is 7.27. The summed E-state index contributed by atoms with van der Waals surface area (Å²) in [6.07, 6.45) is 0. The van der Waals surface area contributed by atoms with Crippen molar-refractivity contribution in [1.82, 2.24) is 5.32 Å². The Morgan fingerprint density at radius 3 is 2.19 bits per heavy atom. The van der Waals surface area contributed by atoms with Gasteiger partial charge in [-0.05, 0) is 36.2 Å². The summed E-state index contributed by atoms with van der Waals surface area (Å²) in [7, 11) is 2.76. The Hall–Kier alpha value is -3.80. The van der Waals surface area contributed by atoms with Crippen LogP contribution in [0.4, 0.5) is 0 Å². The number of nitrogens with one attached hydrogen (secondary N) is 1. The van der Waals surface area contributed by atoms with E-state index in [1.165, 1.54) is 14.2 Å². The van der Waals surface area contributed by atoms with Gasteiger partial charge < -0.3 is 19.5 Å². The Morgan fingerprint density at radius 1 is 0.871 bits per heavy atom. The van der Waals surface area contributed by atoms with Crippen molar-refractivity contribution in [3.63, 3.8) is 0 Å². The normalized spacial score (nSPS) is 11.3. The second kappa shape index (κ2) is 10.3. The van der Waals surface area contributed by atoms with Crippen molar-refractivity contribution in [2.45, 2.75) is 13.0 Å². The van der Waals surface area contributed by atoms with Crippen LogP contribution in [0.25, 0.3) is 0 Å². The number of benzene rings is 3. The molecule has 6 nitrogen and oxygen atoms in total. The molecule has 0 radical (unpaired) electrons. The molecule has 1 amide bonds. The van der Waals surface area contributed by atoms with Gasteiger partial charge in [-0.3, -0.25) is 4.79 Å². The van der Waals surface area contributed by atoms with Gasteiger partial charge >= 0.3 is 5.97 Å². The lowest BCUT2D eigenvalue weighted by atomic mass is 9.97. The van der Waals surface area contributed by atoms with Crippen molar-refractivity contribution in [2.24, 2.45) is 0 Å². The molecule has 1 N–H and O–H groups in total. The summed E-state index contributed by atoms with van der Waals surface area (Å²) in [4.78, 5) is 24.4. The number of rotatable bonds is 8. The van der Waals surface area contributed by atoms with Gasteiger partial charge in [0.15, 0.2) is 18.1 Å². The fourth-order valence-corrected chi connectivity index (χ4v) is 3.10. The first-order valence-electron chi connectivity index (χ1n) is 9.82. The minimum atomic E-state index is -0.507. The van der Waals surface area contributed by atoms with E-state index >= 15 is 0 Å². The molecule has 0 heterocycles. The van der Waals surface area contributed by atoms with E-state index in [2.05, 4.69) is 10.1 Å². The van der Waals surface area contributed by atoms with Crippen LogP contribution >= 0.6 is 0 Å². The Balaban J connectivity index is 1.84. The lowest BCUT2D eigenvalue weighted by molar-refractivity contribution is -0.142. The number of hydrogen-bond donors (Lipinski definition) is 1. The standard InChI is InChI=1S/C25H25NO5/c1-17-9-11-19(12-10-17)24(18-7-5-4-6-8-18)26-25(28)20-13-14-21(22(15-20)29-2)31-16-23(27)30-3/h4-15,24H,16H2,1-3H3,(H,26,28). The third kappa shape index (κ3) is 5.63. The summed E-state index contributed by atoms with van der Waals surface area (Å²) in [6.45, 7) is 1.78. The second-order valence-corrected chi connectivity index (χ2v) is 6.96. The number of hydrogen-bond acceptors (Lipinski definition) is 5. The van der Waals surface area contributed by atoms with E-state index in [-0.39, 0.29) is 18.6 Å². The highest BCUT2D eigenvalue weighted by Gasteiger charge is 2.19. The van der Waals surface area contributed by atoms with Crippen LogP contribution in [0.3, 0.4) is 0 Å². The molecule has 0 saturated heterocycles. The maximum Gasteiger partial charge on any atom is 0.343 e. The summed E-state index contributed by atoms with van der Waals surface area (Å²) >= 11 is 0. The summed E-state index contributed by atoms with van der Waals surface area (Å²) in [6, 6.07) is 22.4. The largest absolute Gasteiger partial charge is 0.493 e. The van der Waals surface area contributed by atoms with Crippen LogP contribution in [0.5, 0.6) is 11.5 Å². The zero-order valence-electron chi connectivity index (χ0n) is 17.8. The van der Waals surface area contributed by atoms with Crippen molar-refractivity contribution in [3.05, 3.63) is 95.1 Å². The number of amides is 1. The van der Waals surface area contributed by atoms with Crippen LogP contribution in [-0.2, 0) is 9.53 Å². The third-order valence-electron chi connectivity index (χ3n) is 4.82. The molecular formula is C25H25NO5. The molecule has 1 unspecified atom stereocenters. The average molecular weight is 419 g/mol. The van der Waals surface area contributed by atoms with Crippen LogP contribution < -0.4 is 14.8 Å². The topological polar surface area (TPSA) is 73.9 Å². The predicted octanol–water partition coefficient (Wildman–Crippen LogP) is 4.07. The first kappa shape index (κ1) is 21.9. The molecule has 0 saturated carbocycles. The number of carbonyl (C=O) groups excluding carboxylic acids is 2. The molecule has 1 atom stereocenters. The first-order valence-corrected chi connectivity index (χ1v) is 9.82. The quantitative estimate of drug-likeness (QED) is 0.557. The van der Waals surface area contributed by atoms with Crippen LogP contribution in [0, 0.1) is 6.92 Å². The molecule has 0 spiro atoms. The van der Waals surface area contributed by atoms with Gasteiger partial charge in [-0.2, -0.15) is 0 Å². The Bertz CT molecular complexity index is 1030. The molecule has 0 aromatic heterocycles. The number of ether oxygens (including phenoxy) is 3. The van der Waals surface area contributed by atoms with Crippen molar-refractivity contribution in [2.75, 3.05) is 20.8 Å². The van der Waals surface area contributed by atoms with Crippen molar-refractivity contribution >= 4 is 11.9 Å². The SMILES string of the molecule is COC(=O)COc1ccc(C(=O)NC(c2ccccc2)c2ccc(C)cc2)cc1OC. The van der Waals surface area contributed by atoms with Crippen molar-refractivity contribution in [3.8, 4) is 11.5 Å². The van der Waals surface area contributed by atoms with Crippen molar-refractivity contribution in [1.29, 1.82) is 0 Å². The van der Waals surface area contributed by atoms with E-state index in [4.69, 9.17) is 9.47 Å². The highest BCUT2D eigenvalue weighted by Crippen LogP contribution is 2.29. The smallest absolute Gasteiger partial charge is 0.343 e. The molecule has 160 valence electrons. The minimum absolute atomic E-state index is 0.248. The van der Waals surface area contributed by atoms with E-state index < -0.39 is 5.97 Å². The third-order valence-corrected chi connectivity index (χ3v) is 4.82. The molecule has 6 heteroatoms. The summed E-state index contributed by atoms with van der Waals surface area (Å²) in [5, 5.41) is 3.11. The molecule has 3 rings (SSSR count). The molecule has 3 aromatic carbocycles. The number of methoxy groups -OCH3 is 2. The van der Waals surface area contributed by atoms with Crippen molar-refractivity contribution < 1.29 is 23.8 Å². The van der Waals surface area contributed by atoms with Gasteiger partial charge in [0.25, 0.3) is 5.91 Å². The maximum absolute atomic E-state index is 13.1. The molecule has 0 aliphatic carbocycles. The molecule has 3 aromatic rings. The average Bonchev–Trinajstić information content (AvgIpc) is 2.81. The van der Waals surface area contributed by atoms with Gasteiger partial charge in [0.2, 0.25) is 0 Å². The van der Waals surface area contributed by atoms with E-state index in [0.29, 0.717) is 17.1 Å². The summed E-state index contributed by atoms with van der Waals surface area (Å²) in [5.74, 6) is -0.0642. The number of carbonyl (C=O) groups is 2. The lowest BCUT2D eigenvalue weighted by Gasteiger charge is -2.20. The molecule has 0 fully saturated rings. The molecular weight excluding hydrogens is 394 g/mol. The van der Waals surface area contributed by atoms with Gasteiger partial charge in [-0.25, -0.2) is 4.79 Å². The maximum atomic E-state index is 13.1.